The summed E-state index contributed by atoms with van der Waals surface area (Å²) in [6.45, 7) is 7.75. The molecule has 0 aliphatic carbocycles. The van der Waals surface area contributed by atoms with Crippen LogP contribution in [0.15, 0.2) is 18.2 Å². The van der Waals surface area contributed by atoms with Crippen molar-refractivity contribution in [1.82, 2.24) is 10.2 Å². The van der Waals surface area contributed by atoms with Crippen molar-refractivity contribution in [2.45, 2.75) is 32.2 Å². The molecule has 22 heavy (non-hydrogen) atoms. The van der Waals surface area contributed by atoms with Gasteiger partial charge in [-0.05, 0) is 43.6 Å². The SMILES string of the molecule is COc1cc(CN2CCCCCC2)ccc1N1CCNCC1. The molecule has 2 aliphatic rings. The second-order valence-corrected chi connectivity index (χ2v) is 6.43. The number of likely N-dealkylation sites (tertiary alicyclic amines) is 1. The van der Waals surface area contributed by atoms with E-state index in [-0.39, 0.29) is 0 Å². The Labute approximate surface area is 134 Å². The van der Waals surface area contributed by atoms with Crippen LogP contribution in [0.4, 0.5) is 5.69 Å². The van der Waals surface area contributed by atoms with Gasteiger partial charge >= 0.3 is 0 Å². The summed E-state index contributed by atoms with van der Waals surface area (Å²) in [7, 11) is 1.79. The topological polar surface area (TPSA) is 27.7 Å². The molecule has 122 valence electrons. The molecule has 0 amide bonds. The van der Waals surface area contributed by atoms with E-state index in [2.05, 4.69) is 33.3 Å². The van der Waals surface area contributed by atoms with Crippen molar-refractivity contribution >= 4 is 5.69 Å². The third-order valence-corrected chi connectivity index (χ3v) is 4.81. The molecule has 4 heteroatoms. The van der Waals surface area contributed by atoms with E-state index in [0.717, 1.165) is 38.5 Å². The van der Waals surface area contributed by atoms with Gasteiger partial charge in [-0.1, -0.05) is 18.9 Å². The van der Waals surface area contributed by atoms with Gasteiger partial charge < -0.3 is 15.0 Å². The third-order valence-electron chi connectivity index (χ3n) is 4.81. The number of methoxy groups -OCH3 is 1. The van der Waals surface area contributed by atoms with Crippen LogP contribution in [0.5, 0.6) is 5.75 Å². The van der Waals surface area contributed by atoms with Gasteiger partial charge in [-0.2, -0.15) is 0 Å². The van der Waals surface area contributed by atoms with Crippen molar-refractivity contribution in [3.63, 3.8) is 0 Å². The van der Waals surface area contributed by atoms with E-state index >= 15 is 0 Å². The molecule has 4 nitrogen and oxygen atoms in total. The van der Waals surface area contributed by atoms with Crippen LogP contribution < -0.4 is 15.0 Å². The van der Waals surface area contributed by atoms with Crippen molar-refractivity contribution in [3.8, 4) is 5.75 Å². The number of benzene rings is 1. The zero-order valence-electron chi connectivity index (χ0n) is 13.8. The molecule has 0 aromatic heterocycles. The number of nitrogens with one attached hydrogen (secondary N) is 1. The first-order valence-electron chi connectivity index (χ1n) is 8.72. The van der Waals surface area contributed by atoms with Crippen LogP contribution >= 0.6 is 0 Å². The molecule has 0 saturated carbocycles. The quantitative estimate of drug-likeness (QED) is 0.925. The molecule has 2 aliphatic heterocycles. The molecule has 1 aromatic rings. The summed E-state index contributed by atoms with van der Waals surface area (Å²) in [6.07, 6.45) is 5.47. The highest BCUT2D eigenvalue weighted by molar-refractivity contribution is 5.60. The molecular formula is C18H29N3O. The minimum absolute atomic E-state index is 1.02. The van der Waals surface area contributed by atoms with E-state index in [0.29, 0.717) is 0 Å². The van der Waals surface area contributed by atoms with Crippen molar-refractivity contribution in [1.29, 1.82) is 0 Å². The molecular weight excluding hydrogens is 274 g/mol. The van der Waals surface area contributed by atoms with E-state index in [1.54, 1.807) is 7.11 Å². The maximum atomic E-state index is 5.67. The van der Waals surface area contributed by atoms with Gasteiger partial charge in [0.15, 0.2) is 0 Å². The normalized spacial score (nSPS) is 20.7. The predicted molar refractivity (Wildman–Crippen MR) is 91.8 cm³/mol. The van der Waals surface area contributed by atoms with Crippen LogP contribution in [-0.4, -0.2) is 51.3 Å². The Morgan fingerprint density at radius 1 is 1.00 bits per heavy atom. The van der Waals surface area contributed by atoms with Gasteiger partial charge in [-0.3, -0.25) is 4.90 Å². The first-order chi connectivity index (χ1) is 10.9. The summed E-state index contributed by atoms with van der Waals surface area (Å²) >= 11 is 0. The number of anilines is 1. The molecule has 0 radical (unpaired) electrons. The fourth-order valence-corrected chi connectivity index (χ4v) is 3.54. The Hall–Kier alpha value is -1.26. The molecule has 0 spiro atoms. The van der Waals surface area contributed by atoms with Crippen LogP contribution in [0.2, 0.25) is 0 Å². The fourth-order valence-electron chi connectivity index (χ4n) is 3.54. The second kappa shape index (κ2) is 7.84. The van der Waals surface area contributed by atoms with Gasteiger partial charge in [0.1, 0.15) is 5.75 Å². The lowest BCUT2D eigenvalue weighted by Crippen LogP contribution is -2.43. The number of ether oxygens (including phenoxy) is 1. The van der Waals surface area contributed by atoms with E-state index in [1.165, 1.54) is 50.0 Å². The largest absolute Gasteiger partial charge is 0.495 e. The fraction of sp³-hybridized carbons (Fsp3) is 0.667. The van der Waals surface area contributed by atoms with Crippen molar-refractivity contribution in [2.75, 3.05) is 51.3 Å². The van der Waals surface area contributed by atoms with E-state index < -0.39 is 0 Å². The van der Waals surface area contributed by atoms with Crippen LogP contribution in [0, 0.1) is 0 Å². The van der Waals surface area contributed by atoms with Crippen molar-refractivity contribution in [2.24, 2.45) is 0 Å². The zero-order valence-corrected chi connectivity index (χ0v) is 13.8. The molecule has 1 aromatic carbocycles. The third kappa shape index (κ3) is 3.93. The molecule has 0 atom stereocenters. The van der Waals surface area contributed by atoms with Gasteiger partial charge in [-0.25, -0.2) is 0 Å². The van der Waals surface area contributed by atoms with Crippen LogP contribution in [0.1, 0.15) is 31.2 Å². The average Bonchev–Trinajstić information content (AvgIpc) is 2.84. The van der Waals surface area contributed by atoms with E-state index in [1.807, 2.05) is 0 Å². The Kier molecular flexibility index (Phi) is 5.57. The van der Waals surface area contributed by atoms with Gasteiger partial charge in [0, 0.05) is 32.7 Å². The summed E-state index contributed by atoms with van der Waals surface area (Å²) in [4.78, 5) is 5.01. The maximum absolute atomic E-state index is 5.67. The molecule has 3 rings (SSSR count). The summed E-state index contributed by atoms with van der Waals surface area (Å²) in [6, 6.07) is 6.77. The first kappa shape index (κ1) is 15.6. The summed E-state index contributed by atoms with van der Waals surface area (Å²) in [5.41, 5.74) is 2.61. The molecule has 0 bridgehead atoms. The first-order valence-corrected chi connectivity index (χ1v) is 8.72. The predicted octanol–water partition coefficient (Wildman–Crippen LogP) is 2.48. The Morgan fingerprint density at radius 3 is 2.41 bits per heavy atom. The zero-order chi connectivity index (χ0) is 15.2. The minimum atomic E-state index is 1.02. The van der Waals surface area contributed by atoms with Gasteiger partial charge in [0.05, 0.1) is 12.8 Å². The smallest absolute Gasteiger partial charge is 0.142 e. The molecule has 2 fully saturated rings. The van der Waals surface area contributed by atoms with Crippen LogP contribution in [0.3, 0.4) is 0 Å². The van der Waals surface area contributed by atoms with Gasteiger partial charge in [-0.15, -0.1) is 0 Å². The number of piperazine rings is 1. The monoisotopic (exact) mass is 303 g/mol. The number of hydrogen-bond acceptors (Lipinski definition) is 4. The highest BCUT2D eigenvalue weighted by Gasteiger charge is 2.16. The second-order valence-electron chi connectivity index (χ2n) is 6.43. The van der Waals surface area contributed by atoms with E-state index in [4.69, 9.17) is 4.74 Å². The van der Waals surface area contributed by atoms with E-state index in [9.17, 15) is 0 Å². The van der Waals surface area contributed by atoms with Crippen molar-refractivity contribution in [3.05, 3.63) is 23.8 Å². The highest BCUT2D eigenvalue weighted by atomic mass is 16.5. The molecule has 2 heterocycles. The number of nitrogens with zero attached hydrogens (tertiary/aromatic N) is 2. The summed E-state index contributed by atoms with van der Waals surface area (Å²) in [5, 5.41) is 3.40. The lowest BCUT2D eigenvalue weighted by Gasteiger charge is -2.31. The lowest BCUT2D eigenvalue weighted by molar-refractivity contribution is 0.276. The minimum Gasteiger partial charge on any atom is -0.495 e. The van der Waals surface area contributed by atoms with Crippen LogP contribution in [0.25, 0.3) is 0 Å². The summed E-state index contributed by atoms with van der Waals surface area (Å²) in [5.74, 6) is 1.02. The number of rotatable bonds is 4. The van der Waals surface area contributed by atoms with Crippen LogP contribution in [-0.2, 0) is 6.54 Å². The molecule has 2 saturated heterocycles. The summed E-state index contributed by atoms with van der Waals surface area (Å²) < 4.78 is 5.67. The van der Waals surface area contributed by atoms with Gasteiger partial charge in [0.2, 0.25) is 0 Å². The lowest BCUT2D eigenvalue weighted by atomic mass is 10.1. The molecule has 1 N–H and O–H groups in total. The Bertz CT molecular complexity index is 463. The highest BCUT2D eigenvalue weighted by Crippen LogP contribution is 2.30. The Balaban J connectivity index is 1.70. The van der Waals surface area contributed by atoms with Gasteiger partial charge in [0.25, 0.3) is 0 Å². The van der Waals surface area contributed by atoms with Crippen molar-refractivity contribution < 1.29 is 4.74 Å². The Morgan fingerprint density at radius 2 is 1.73 bits per heavy atom. The maximum Gasteiger partial charge on any atom is 0.142 e. The molecule has 0 unspecified atom stereocenters. The number of hydrogen-bond donors (Lipinski definition) is 1. The average molecular weight is 303 g/mol. The standard InChI is InChI=1S/C18H29N3O/c1-22-18-14-16(15-20-10-4-2-3-5-11-20)6-7-17(18)21-12-8-19-9-13-21/h6-7,14,19H,2-5,8-13,15H2,1H3.